The van der Waals surface area contributed by atoms with Crippen LogP contribution in [0.1, 0.15) is 11.1 Å². The third-order valence-electron chi connectivity index (χ3n) is 2.59. The maximum Gasteiger partial charge on any atom is 0.132 e. The van der Waals surface area contributed by atoms with Gasteiger partial charge in [-0.15, -0.1) is 0 Å². The van der Waals surface area contributed by atoms with Gasteiger partial charge in [-0.25, -0.2) is 8.78 Å². The molecule has 0 amide bonds. The van der Waals surface area contributed by atoms with E-state index < -0.39 is 11.6 Å². The zero-order valence-electron chi connectivity index (χ0n) is 9.87. The molecule has 100 valence electrons. The Morgan fingerprint density at radius 2 is 1.84 bits per heavy atom. The number of benzene rings is 2. The van der Waals surface area contributed by atoms with Gasteiger partial charge in [0.25, 0.3) is 0 Å². The van der Waals surface area contributed by atoms with Crippen molar-refractivity contribution in [3.05, 3.63) is 64.2 Å². The molecule has 5 heteroatoms. The van der Waals surface area contributed by atoms with E-state index in [9.17, 15) is 8.78 Å². The molecule has 2 nitrogen and oxygen atoms in total. The van der Waals surface area contributed by atoms with E-state index in [1.165, 1.54) is 6.07 Å². The number of halogens is 3. The Morgan fingerprint density at radius 1 is 1.05 bits per heavy atom. The Labute approximate surface area is 114 Å². The largest absolute Gasteiger partial charge is 0.488 e. The Kier molecular flexibility index (Phi) is 4.35. The molecule has 0 spiro atoms. The highest BCUT2D eigenvalue weighted by Gasteiger charge is 2.07. The van der Waals surface area contributed by atoms with Crippen molar-refractivity contribution in [2.24, 2.45) is 0 Å². The molecular formula is C14H11ClF2O2. The summed E-state index contributed by atoms with van der Waals surface area (Å²) in [5.74, 6) is -0.890. The van der Waals surface area contributed by atoms with Crippen LogP contribution in [-0.2, 0) is 13.2 Å². The standard InChI is InChI=1S/C14H11ClF2O2/c15-11-2-4-14(10(5-11)7-18)19-8-9-1-3-12(16)6-13(9)17/h1-6,18H,7-8H2. The van der Waals surface area contributed by atoms with Crippen LogP contribution in [0.5, 0.6) is 5.75 Å². The highest BCUT2D eigenvalue weighted by Crippen LogP contribution is 2.24. The van der Waals surface area contributed by atoms with Gasteiger partial charge < -0.3 is 9.84 Å². The van der Waals surface area contributed by atoms with Gasteiger partial charge in [0.05, 0.1) is 6.61 Å². The van der Waals surface area contributed by atoms with Gasteiger partial charge in [0.2, 0.25) is 0 Å². The summed E-state index contributed by atoms with van der Waals surface area (Å²) in [7, 11) is 0. The van der Waals surface area contributed by atoms with Crippen LogP contribution in [0, 0.1) is 11.6 Å². The van der Waals surface area contributed by atoms with Gasteiger partial charge in [-0.05, 0) is 30.3 Å². The van der Waals surface area contributed by atoms with Crippen LogP contribution in [0.2, 0.25) is 5.02 Å². The van der Waals surface area contributed by atoms with Crippen molar-refractivity contribution in [2.45, 2.75) is 13.2 Å². The molecule has 0 heterocycles. The van der Waals surface area contributed by atoms with E-state index >= 15 is 0 Å². The summed E-state index contributed by atoms with van der Waals surface area (Å²) in [5.41, 5.74) is 0.746. The molecule has 0 aliphatic heterocycles. The topological polar surface area (TPSA) is 29.5 Å². The molecule has 2 aromatic carbocycles. The third kappa shape index (κ3) is 3.43. The zero-order valence-corrected chi connectivity index (χ0v) is 10.6. The van der Waals surface area contributed by atoms with Gasteiger partial charge in [0, 0.05) is 22.2 Å². The van der Waals surface area contributed by atoms with Crippen LogP contribution in [0.15, 0.2) is 36.4 Å². The van der Waals surface area contributed by atoms with Crippen LogP contribution in [0.25, 0.3) is 0 Å². The van der Waals surface area contributed by atoms with E-state index in [1.807, 2.05) is 0 Å². The van der Waals surface area contributed by atoms with E-state index in [4.69, 9.17) is 21.4 Å². The quantitative estimate of drug-likeness (QED) is 0.928. The predicted molar refractivity (Wildman–Crippen MR) is 68.1 cm³/mol. The summed E-state index contributed by atoms with van der Waals surface area (Å²) in [6.07, 6.45) is 0. The molecule has 0 unspecified atom stereocenters. The van der Waals surface area contributed by atoms with Crippen LogP contribution in [-0.4, -0.2) is 5.11 Å². The Bertz CT molecular complexity index is 588. The second-order valence-electron chi connectivity index (χ2n) is 3.93. The van der Waals surface area contributed by atoms with E-state index in [2.05, 4.69) is 0 Å². The normalized spacial score (nSPS) is 10.5. The molecule has 0 aliphatic rings. The number of aliphatic hydroxyl groups excluding tert-OH is 1. The van der Waals surface area contributed by atoms with E-state index in [-0.39, 0.29) is 18.8 Å². The zero-order chi connectivity index (χ0) is 13.8. The predicted octanol–water partition coefficient (Wildman–Crippen LogP) is 3.69. The molecule has 0 radical (unpaired) electrons. The van der Waals surface area contributed by atoms with E-state index in [0.29, 0.717) is 16.3 Å². The number of hydrogen-bond acceptors (Lipinski definition) is 2. The third-order valence-corrected chi connectivity index (χ3v) is 2.83. The van der Waals surface area contributed by atoms with Gasteiger partial charge in [-0.1, -0.05) is 11.6 Å². The summed E-state index contributed by atoms with van der Waals surface area (Å²) in [5, 5.41) is 9.65. The molecule has 0 bridgehead atoms. The second-order valence-corrected chi connectivity index (χ2v) is 4.37. The summed E-state index contributed by atoms with van der Waals surface area (Å²) >= 11 is 5.79. The number of hydrogen-bond donors (Lipinski definition) is 1. The maximum absolute atomic E-state index is 13.4. The first kappa shape index (κ1) is 13.8. The Morgan fingerprint density at radius 3 is 2.53 bits per heavy atom. The number of rotatable bonds is 4. The Hall–Kier alpha value is -1.65. The first-order valence-corrected chi connectivity index (χ1v) is 5.94. The molecule has 0 atom stereocenters. The fourth-order valence-corrected chi connectivity index (χ4v) is 1.80. The van der Waals surface area contributed by atoms with Gasteiger partial charge in [-0.3, -0.25) is 0 Å². The molecule has 1 N–H and O–H groups in total. The fourth-order valence-electron chi connectivity index (χ4n) is 1.61. The van der Waals surface area contributed by atoms with E-state index in [1.54, 1.807) is 18.2 Å². The molecule has 0 saturated carbocycles. The first-order chi connectivity index (χ1) is 9.10. The lowest BCUT2D eigenvalue weighted by atomic mass is 10.2. The minimum atomic E-state index is -0.667. The lowest BCUT2D eigenvalue weighted by Crippen LogP contribution is -2.01. The molecular weight excluding hydrogens is 274 g/mol. The lowest BCUT2D eigenvalue weighted by Gasteiger charge is -2.11. The second kappa shape index (κ2) is 5.99. The smallest absolute Gasteiger partial charge is 0.132 e. The van der Waals surface area contributed by atoms with Gasteiger partial charge >= 0.3 is 0 Å². The highest BCUT2D eigenvalue weighted by molar-refractivity contribution is 6.30. The molecule has 0 aromatic heterocycles. The summed E-state index contributed by atoms with van der Waals surface area (Å²) < 4.78 is 31.6. The Balaban J connectivity index is 2.14. The average Bonchev–Trinajstić information content (AvgIpc) is 2.39. The number of aliphatic hydroxyl groups is 1. The molecule has 0 saturated heterocycles. The summed E-state index contributed by atoms with van der Waals surface area (Å²) in [6.45, 7) is -0.289. The van der Waals surface area contributed by atoms with Gasteiger partial charge in [0.15, 0.2) is 0 Å². The molecule has 2 aromatic rings. The van der Waals surface area contributed by atoms with Crippen molar-refractivity contribution < 1.29 is 18.6 Å². The van der Waals surface area contributed by atoms with Gasteiger partial charge in [0.1, 0.15) is 24.0 Å². The summed E-state index contributed by atoms with van der Waals surface area (Å²) in [6, 6.07) is 8.05. The SMILES string of the molecule is OCc1cc(Cl)ccc1OCc1ccc(F)cc1F. The highest BCUT2D eigenvalue weighted by atomic mass is 35.5. The van der Waals surface area contributed by atoms with Crippen LogP contribution in [0.4, 0.5) is 8.78 Å². The van der Waals surface area contributed by atoms with Crippen molar-refractivity contribution in [1.29, 1.82) is 0 Å². The monoisotopic (exact) mass is 284 g/mol. The van der Waals surface area contributed by atoms with Crippen molar-refractivity contribution >= 4 is 11.6 Å². The van der Waals surface area contributed by atoms with Crippen molar-refractivity contribution in [1.82, 2.24) is 0 Å². The van der Waals surface area contributed by atoms with Crippen molar-refractivity contribution in [2.75, 3.05) is 0 Å². The number of ether oxygens (including phenoxy) is 1. The van der Waals surface area contributed by atoms with Gasteiger partial charge in [-0.2, -0.15) is 0 Å². The minimum absolute atomic E-state index is 0.0548. The molecule has 0 fully saturated rings. The lowest BCUT2D eigenvalue weighted by molar-refractivity contribution is 0.257. The first-order valence-electron chi connectivity index (χ1n) is 5.56. The maximum atomic E-state index is 13.4. The molecule has 0 aliphatic carbocycles. The average molecular weight is 285 g/mol. The van der Waals surface area contributed by atoms with Crippen LogP contribution < -0.4 is 4.74 Å². The van der Waals surface area contributed by atoms with Crippen molar-refractivity contribution in [3.63, 3.8) is 0 Å². The van der Waals surface area contributed by atoms with Crippen molar-refractivity contribution in [3.8, 4) is 5.75 Å². The molecule has 2 rings (SSSR count). The summed E-state index contributed by atoms with van der Waals surface area (Å²) in [4.78, 5) is 0. The van der Waals surface area contributed by atoms with Crippen LogP contribution in [0.3, 0.4) is 0 Å². The van der Waals surface area contributed by atoms with E-state index in [0.717, 1.165) is 12.1 Å². The van der Waals surface area contributed by atoms with Crippen LogP contribution >= 0.6 is 11.6 Å². The molecule has 19 heavy (non-hydrogen) atoms. The minimum Gasteiger partial charge on any atom is -0.488 e. The fraction of sp³-hybridized carbons (Fsp3) is 0.143.